The molecule has 0 spiro atoms. The van der Waals surface area contributed by atoms with E-state index < -0.39 is 0 Å². The average Bonchev–Trinajstić information content (AvgIpc) is 2.69. The quantitative estimate of drug-likeness (QED) is 0.668. The van der Waals surface area contributed by atoms with E-state index in [-0.39, 0.29) is 0 Å². The Hall–Kier alpha value is -1.88. The van der Waals surface area contributed by atoms with Crippen LogP contribution in [0.15, 0.2) is 29.3 Å². The number of aromatic nitrogens is 1. The molecule has 2 aromatic rings. The fourth-order valence-electron chi connectivity index (χ4n) is 1.58. The van der Waals surface area contributed by atoms with E-state index in [2.05, 4.69) is 22.2 Å². The van der Waals surface area contributed by atoms with Gasteiger partial charge in [0.05, 0.1) is 12.2 Å². The van der Waals surface area contributed by atoms with Crippen molar-refractivity contribution < 1.29 is 0 Å². The first-order chi connectivity index (χ1) is 9.04. The van der Waals surface area contributed by atoms with Crippen molar-refractivity contribution in [1.29, 1.82) is 0 Å². The fourth-order valence-corrected chi connectivity index (χ4v) is 2.44. The van der Waals surface area contributed by atoms with Crippen LogP contribution in [0.1, 0.15) is 21.1 Å². The van der Waals surface area contributed by atoms with E-state index in [0.29, 0.717) is 12.5 Å². The Morgan fingerprint density at radius 2 is 1.95 bits per heavy atom. The van der Waals surface area contributed by atoms with Gasteiger partial charge in [0.1, 0.15) is 5.01 Å². The molecule has 0 saturated carbocycles. The third-order valence-electron chi connectivity index (χ3n) is 2.78. The van der Waals surface area contributed by atoms with Crippen LogP contribution in [-0.4, -0.2) is 10.9 Å². The lowest BCUT2D eigenvalue weighted by atomic mass is 10.2. The molecular formula is C14H18N4S. The van der Waals surface area contributed by atoms with Gasteiger partial charge in [0.2, 0.25) is 0 Å². The Bertz CT molecular complexity index is 564. The Morgan fingerprint density at radius 1 is 1.26 bits per heavy atom. The van der Waals surface area contributed by atoms with Crippen LogP contribution < -0.4 is 11.1 Å². The topological polar surface area (TPSA) is 63.3 Å². The summed E-state index contributed by atoms with van der Waals surface area (Å²) in [5.41, 5.74) is 9.08. The van der Waals surface area contributed by atoms with Crippen LogP contribution in [0.25, 0.3) is 0 Å². The summed E-state index contributed by atoms with van der Waals surface area (Å²) >= 11 is 1.66. The van der Waals surface area contributed by atoms with E-state index in [9.17, 15) is 0 Å². The minimum absolute atomic E-state index is 0.411. The largest absolute Gasteiger partial charge is 0.370 e. The molecule has 0 radical (unpaired) electrons. The predicted octanol–water partition coefficient (Wildman–Crippen LogP) is 3.00. The van der Waals surface area contributed by atoms with Crippen LogP contribution in [0.3, 0.4) is 0 Å². The molecule has 0 fully saturated rings. The molecule has 1 aromatic heterocycles. The second kappa shape index (κ2) is 5.84. The van der Waals surface area contributed by atoms with Gasteiger partial charge in [0.15, 0.2) is 5.96 Å². The monoisotopic (exact) mass is 274 g/mol. The number of nitrogens with one attached hydrogen (secondary N) is 1. The summed E-state index contributed by atoms with van der Waals surface area (Å²) in [5, 5.41) is 4.05. The molecule has 0 aliphatic rings. The van der Waals surface area contributed by atoms with Crippen molar-refractivity contribution in [2.45, 2.75) is 27.3 Å². The molecule has 0 unspecified atom stereocenters. The summed E-state index contributed by atoms with van der Waals surface area (Å²) in [6.45, 7) is 6.64. The first kappa shape index (κ1) is 13.5. The summed E-state index contributed by atoms with van der Waals surface area (Å²) < 4.78 is 0. The van der Waals surface area contributed by atoms with Crippen molar-refractivity contribution in [3.8, 4) is 0 Å². The number of anilines is 1. The number of nitrogens with two attached hydrogens (primary N) is 1. The van der Waals surface area contributed by atoms with Crippen LogP contribution in [-0.2, 0) is 6.54 Å². The maximum atomic E-state index is 5.85. The predicted molar refractivity (Wildman–Crippen MR) is 81.7 cm³/mol. The van der Waals surface area contributed by atoms with E-state index in [0.717, 1.165) is 16.4 Å². The van der Waals surface area contributed by atoms with E-state index >= 15 is 0 Å². The number of benzene rings is 1. The summed E-state index contributed by atoms with van der Waals surface area (Å²) in [4.78, 5) is 9.96. The lowest BCUT2D eigenvalue weighted by Gasteiger charge is -2.05. The third-order valence-corrected chi connectivity index (χ3v) is 3.84. The number of thiazole rings is 1. The van der Waals surface area contributed by atoms with Crippen molar-refractivity contribution in [1.82, 2.24) is 4.98 Å². The van der Waals surface area contributed by atoms with E-state index in [4.69, 9.17) is 5.73 Å². The lowest BCUT2D eigenvalue weighted by Crippen LogP contribution is -2.22. The highest BCUT2D eigenvalue weighted by atomic mass is 32.1. The molecule has 3 N–H and O–H groups in total. The number of guanidine groups is 1. The third kappa shape index (κ3) is 3.79. The number of rotatable bonds is 3. The molecule has 0 aliphatic carbocycles. The zero-order valence-electron chi connectivity index (χ0n) is 11.4. The summed E-state index contributed by atoms with van der Waals surface area (Å²) in [6.07, 6.45) is 0. The lowest BCUT2D eigenvalue weighted by molar-refractivity contribution is 1.01. The average molecular weight is 274 g/mol. The van der Waals surface area contributed by atoms with Gasteiger partial charge >= 0.3 is 0 Å². The molecule has 1 heterocycles. The molecule has 0 bridgehead atoms. The number of nitrogens with zero attached hydrogens (tertiary/aromatic N) is 2. The highest BCUT2D eigenvalue weighted by molar-refractivity contribution is 7.11. The zero-order chi connectivity index (χ0) is 13.8. The number of aryl methyl sites for hydroxylation is 3. The van der Waals surface area contributed by atoms with Gasteiger partial charge < -0.3 is 11.1 Å². The van der Waals surface area contributed by atoms with Gasteiger partial charge in [-0.3, -0.25) is 0 Å². The highest BCUT2D eigenvalue weighted by Crippen LogP contribution is 2.17. The van der Waals surface area contributed by atoms with Gasteiger partial charge in [-0.25, -0.2) is 9.98 Å². The molecule has 5 heteroatoms. The SMILES string of the molecule is Cc1ccc(NC(N)=NCc2nc(C)c(C)s2)cc1. The molecule has 0 atom stereocenters. The summed E-state index contributed by atoms with van der Waals surface area (Å²) in [7, 11) is 0. The standard InChI is InChI=1S/C14H18N4S/c1-9-4-6-12(7-5-9)18-14(15)16-8-13-17-10(2)11(3)19-13/h4-7H,8H2,1-3H3,(H3,15,16,18). The molecule has 2 rings (SSSR count). The van der Waals surface area contributed by atoms with Gasteiger partial charge in [-0.1, -0.05) is 17.7 Å². The van der Waals surface area contributed by atoms with Gasteiger partial charge in [-0.2, -0.15) is 0 Å². The number of hydrogen-bond donors (Lipinski definition) is 2. The maximum Gasteiger partial charge on any atom is 0.193 e. The Balaban J connectivity index is 1.97. The minimum Gasteiger partial charge on any atom is -0.370 e. The van der Waals surface area contributed by atoms with Gasteiger partial charge in [-0.05, 0) is 32.9 Å². The van der Waals surface area contributed by atoms with E-state index in [1.165, 1.54) is 10.4 Å². The molecule has 100 valence electrons. The molecule has 0 saturated heterocycles. The van der Waals surface area contributed by atoms with Gasteiger partial charge in [0, 0.05) is 10.6 Å². The van der Waals surface area contributed by atoms with Crippen LogP contribution >= 0.6 is 11.3 Å². The molecular weight excluding hydrogens is 256 g/mol. The number of hydrogen-bond acceptors (Lipinski definition) is 3. The zero-order valence-corrected chi connectivity index (χ0v) is 12.2. The molecule has 19 heavy (non-hydrogen) atoms. The Morgan fingerprint density at radius 3 is 2.53 bits per heavy atom. The normalized spacial score (nSPS) is 11.6. The van der Waals surface area contributed by atoms with E-state index in [1.54, 1.807) is 11.3 Å². The van der Waals surface area contributed by atoms with Gasteiger partial charge in [-0.15, -0.1) is 11.3 Å². The second-order valence-corrected chi connectivity index (χ2v) is 5.73. The highest BCUT2D eigenvalue weighted by Gasteiger charge is 2.02. The first-order valence-corrected chi connectivity index (χ1v) is 6.93. The first-order valence-electron chi connectivity index (χ1n) is 6.11. The van der Waals surface area contributed by atoms with Crippen molar-refractivity contribution >= 4 is 23.0 Å². The molecule has 0 amide bonds. The summed E-state index contributed by atoms with van der Waals surface area (Å²) in [6, 6.07) is 8.02. The van der Waals surface area contributed by atoms with Crippen molar-refractivity contribution in [3.05, 3.63) is 45.4 Å². The fraction of sp³-hybridized carbons (Fsp3) is 0.286. The van der Waals surface area contributed by atoms with Crippen LogP contribution in [0.2, 0.25) is 0 Å². The molecule has 0 aliphatic heterocycles. The number of aliphatic imine (C=N–C) groups is 1. The maximum absolute atomic E-state index is 5.85. The summed E-state index contributed by atoms with van der Waals surface area (Å²) in [5.74, 6) is 0.411. The minimum atomic E-state index is 0.411. The van der Waals surface area contributed by atoms with Crippen molar-refractivity contribution in [3.63, 3.8) is 0 Å². The molecule has 1 aromatic carbocycles. The second-order valence-electron chi connectivity index (χ2n) is 4.44. The smallest absolute Gasteiger partial charge is 0.193 e. The van der Waals surface area contributed by atoms with E-state index in [1.807, 2.05) is 38.1 Å². The Labute approximate surface area is 117 Å². The van der Waals surface area contributed by atoms with Gasteiger partial charge in [0.25, 0.3) is 0 Å². The van der Waals surface area contributed by atoms with Crippen LogP contribution in [0, 0.1) is 20.8 Å². The van der Waals surface area contributed by atoms with Crippen LogP contribution in [0.5, 0.6) is 0 Å². The van der Waals surface area contributed by atoms with Crippen molar-refractivity contribution in [2.24, 2.45) is 10.7 Å². The van der Waals surface area contributed by atoms with Crippen LogP contribution in [0.4, 0.5) is 5.69 Å². The Kier molecular flexibility index (Phi) is 4.16. The molecule has 4 nitrogen and oxygen atoms in total. The van der Waals surface area contributed by atoms with Crippen molar-refractivity contribution in [2.75, 3.05) is 5.32 Å².